The second-order valence-electron chi connectivity index (χ2n) is 3.19. The third-order valence-electron chi connectivity index (χ3n) is 2.00. The number of aromatic nitrogens is 1. The minimum absolute atomic E-state index is 0.0670. The first-order chi connectivity index (χ1) is 8.49. The molecule has 1 aromatic carbocycles. The minimum Gasteiger partial charge on any atom is -0.476 e. The van der Waals surface area contributed by atoms with Crippen molar-refractivity contribution in [3.8, 4) is 0 Å². The van der Waals surface area contributed by atoms with Crippen molar-refractivity contribution < 1.29 is 23.1 Å². The van der Waals surface area contributed by atoms with Crippen LogP contribution in [0.25, 0.3) is 0 Å². The van der Waals surface area contributed by atoms with Crippen molar-refractivity contribution >= 4 is 28.1 Å². The molecule has 94 valence electrons. The molecule has 0 spiro atoms. The van der Waals surface area contributed by atoms with E-state index in [2.05, 4.69) is 10.3 Å². The summed E-state index contributed by atoms with van der Waals surface area (Å²) >= 11 is 0.906. The summed E-state index contributed by atoms with van der Waals surface area (Å²) in [5.74, 6) is -5.52. The molecule has 8 heteroatoms. The van der Waals surface area contributed by atoms with Gasteiger partial charge in [-0.2, -0.15) is 0 Å². The Hall–Kier alpha value is -2.09. The smallest absolute Gasteiger partial charge is 0.355 e. The Morgan fingerprint density at radius 1 is 1.28 bits per heavy atom. The van der Waals surface area contributed by atoms with E-state index in [0.717, 1.165) is 23.5 Å². The lowest BCUT2D eigenvalue weighted by Gasteiger charge is -2.04. The van der Waals surface area contributed by atoms with Gasteiger partial charge in [0.05, 0.1) is 5.69 Å². The van der Waals surface area contributed by atoms with Crippen molar-refractivity contribution in [1.29, 1.82) is 0 Å². The summed E-state index contributed by atoms with van der Waals surface area (Å²) in [7, 11) is 0. The summed E-state index contributed by atoms with van der Waals surface area (Å²) in [6.45, 7) is 0. The number of hydrogen-bond acceptors (Lipinski definition) is 4. The molecule has 0 aliphatic carbocycles. The molecule has 1 heterocycles. The Bertz CT molecular complexity index is 615. The molecule has 2 rings (SSSR count). The molecule has 0 saturated carbocycles. The molecular formula is C10H5F3N2O2S. The summed E-state index contributed by atoms with van der Waals surface area (Å²) in [5.41, 5.74) is -0.536. The van der Waals surface area contributed by atoms with Gasteiger partial charge in [0.2, 0.25) is 0 Å². The number of carboxylic acids is 1. The molecule has 0 radical (unpaired) electrons. The maximum atomic E-state index is 13.3. The van der Waals surface area contributed by atoms with Gasteiger partial charge >= 0.3 is 5.97 Å². The summed E-state index contributed by atoms with van der Waals surface area (Å²) in [6, 6.07) is 1.75. The van der Waals surface area contributed by atoms with Crippen LogP contribution in [-0.2, 0) is 0 Å². The minimum atomic E-state index is -1.60. The Kier molecular flexibility index (Phi) is 3.19. The predicted molar refractivity (Wildman–Crippen MR) is 58.7 cm³/mol. The second-order valence-corrected chi connectivity index (χ2v) is 4.05. The van der Waals surface area contributed by atoms with Gasteiger partial charge in [-0.05, 0) is 12.1 Å². The maximum Gasteiger partial charge on any atom is 0.355 e. The van der Waals surface area contributed by atoms with Gasteiger partial charge < -0.3 is 10.4 Å². The summed E-state index contributed by atoms with van der Waals surface area (Å²) < 4.78 is 38.9. The summed E-state index contributed by atoms with van der Waals surface area (Å²) in [5, 5.41) is 12.3. The first-order valence-corrected chi connectivity index (χ1v) is 5.46. The molecule has 0 aliphatic heterocycles. The van der Waals surface area contributed by atoms with Crippen molar-refractivity contribution in [2.75, 3.05) is 5.32 Å². The molecule has 0 atom stereocenters. The average molecular weight is 274 g/mol. The lowest BCUT2D eigenvalue weighted by atomic mass is 10.3. The molecular weight excluding hydrogens is 269 g/mol. The molecule has 4 nitrogen and oxygen atoms in total. The number of nitrogens with one attached hydrogen (secondary N) is 1. The largest absolute Gasteiger partial charge is 0.476 e. The molecule has 0 saturated heterocycles. The van der Waals surface area contributed by atoms with Gasteiger partial charge in [-0.15, -0.1) is 11.3 Å². The molecule has 2 N–H and O–H groups in total. The molecule has 0 fully saturated rings. The molecule has 2 aromatic rings. The van der Waals surface area contributed by atoms with Gasteiger partial charge in [-0.25, -0.2) is 22.9 Å². The van der Waals surface area contributed by atoms with E-state index in [1.54, 1.807) is 0 Å². The first kappa shape index (κ1) is 12.4. The molecule has 0 unspecified atom stereocenters. The highest BCUT2D eigenvalue weighted by molar-refractivity contribution is 7.14. The van der Waals surface area contributed by atoms with Crippen LogP contribution >= 0.6 is 11.3 Å². The van der Waals surface area contributed by atoms with E-state index in [0.29, 0.717) is 0 Å². The van der Waals surface area contributed by atoms with Gasteiger partial charge in [-0.3, -0.25) is 0 Å². The summed E-state index contributed by atoms with van der Waals surface area (Å²) in [6.07, 6.45) is 0. The van der Waals surface area contributed by atoms with Gasteiger partial charge in [0.1, 0.15) is 0 Å². The Labute approximate surface area is 103 Å². The fraction of sp³-hybridized carbons (Fsp3) is 0. The first-order valence-electron chi connectivity index (χ1n) is 4.58. The topological polar surface area (TPSA) is 62.2 Å². The standard InChI is InChI=1S/C10H5F3N2O2S/c11-4-1-2-5(8(13)7(4)12)14-10-15-6(3-18-10)9(16)17/h1-3H,(H,14,15)(H,16,17). The highest BCUT2D eigenvalue weighted by atomic mass is 32.1. The van der Waals surface area contributed by atoms with Crippen LogP contribution in [0.15, 0.2) is 17.5 Å². The molecule has 0 aliphatic rings. The van der Waals surface area contributed by atoms with Crippen LogP contribution in [-0.4, -0.2) is 16.1 Å². The van der Waals surface area contributed by atoms with E-state index in [1.807, 2.05) is 0 Å². The lowest BCUT2D eigenvalue weighted by molar-refractivity contribution is 0.0691. The number of aromatic carboxylic acids is 1. The van der Waals surface area contributed by atoms with Crippen molar-refractivity contribution in [2.45, 2.75) is 0 Å². The number of rotatable bonds is 3. The number of anilines is 2. The van der Waals surface area contributed by atoms with Crippen LogP contribution in [0, 0.1) is 17.5 Å². The van der Waals surface area contributed by atoms with E-state index in [1.165, 1.54) is 5.38 Å². The maximum absolute atomic E-state index is 13.3. The fourth-order valence-corrected chi connectivity index (χ4v) is 1.86. The van der Waals surface area contributed by atoms with Gasteiger partial charge in [0.15, 0.2) is 28.3 Å². The fourth-order valence-electron chi connectivity index (χ4n) is 1.17. The zero-order chi connectivity index (χ0) is 13.3. The quantitative estimate of drug-likeness (QED) is 0.844. The van der Waals surface area contributed by atoms with Crippen LogP contribution in [0.2, 0.25) is 0 Å². The van der Waals surface area contributed by atoms with Crippen LogP contribution in [0.1, 0.15) is 10.5 Å². The third kappa shape index (κ3) is 2.28. The third-order valence-corrected chi connectivity index (χ3v) is 2.76. The molecule has 0 bridgehead atoms. The van der Waals surface area contributed by atoms with Gasteiger partial charge in [0.25, 0.3) is 0 Å². The zero-order valence-electron chi connectivity index (χ0n) is 8.58. The lowest BCUT2D eigenvalue weighted by Crippen LogP contribution is -2.00. The highest BCUT2D eigenvalue weighted by Gasteiger charge is 2.15. The number of carbonyl (C=O) groups is 1. The van der Waals surface area contributed by atoms with E-state index < -0.39 is 23.4 Å². The van der Waals surface area contributed by atoms with E-state index in [-0.39, 0.29) is 16.5 Å². The molecule has 1 aromatic heterocycles. The second kappa shape index (κ2) is 4.65. The number of thiazole rings is 1. The molecule has 0 amide bonds. The monoisotopic (exact) mass is 274 g/mol. The number of carboxylic acid groups (broad SMARTS) is 1. The van der Waals surface area contributed by atoms with Crippen LogP contribution < -0.4 is 5.32 Å². The SMILES string of the molecule is O=C(O)c1csc(Nc2ccc(F)c(F)c2F)n1. The van der Waals surface area contributed by atoms with Crippen LogP contribution in [0.4, 0.5) is 24.0 Å². The van der Waals surface area contributed by atoms with Crippen molar-refractivity contribution in [3.63, 3.8) is 0 Å². The van der Waals surface area contributed by atoms with Gasteiger partial charge in [0, 0.05) is 5.38 Å². The Morgan fingerprint density at radius 2 is 2.00 bits per heavy atom. The number of nitrogens with zero attached hydrogens (tertiary/aromatic N) is 1. The predicted octanol–water partition coefficient (Wildman–Crippen LogP) is 3.00. The van der Waals surface area contributed by atoms with E-state index in [9.17, 15) is 18.0 Å². The Morgan fingerprint density at radius 3 is 2.61 bits per heavy atom. The van der Waals surface area contributed by atoms with Crippen LogP contribution in [0.3, 0.4) is 0 Å². The molecule has 18 heavy (non-hydrogen) atoms. The number of benzene rings is 1. The average Bonchev–Trinajstić information content (AvgIpc) is 2.79. The van der Waals surface area contributed by atoms with E-state index >= 15 is 0 Å². The van der Waals surface area contributed by atoms with Crippen molar-refractivity contribution in [2.24, 2.45) is 0 Å². The van der Waals surface area contributed by atoms with E-state index in [4.69, 9.17) is 5.11 Å². The van der Waals surface area contributed by atoms with Gasteiger partial charge in [-0.1, -0.05) is 0 Å². The van der Waals surface area contributed by atoms with Crippen molar-refractivity contribution in [1.82, 2.24) is 4.98 Å². The number of halogens is 3. The number of hydrogen-bond donors (Lipinski definition) is 2. The van der Waals surface area contributed by atoms with Crippen LogP contribution in [0.5, 0.6) is 0 Å². The normalized spacial score (nSPS) is 10.4. The Balaban J connectivity index is 2.28. The summed E-state index contributed by atoms with van der Waals surface area (Å²) in [4.78, 5) is 14.2. The zero-order valence-corrected chi connectivity index (χ0v) is 9.39. The highest BCUT2D eigenvalue weighted by Crippen LogP contribution is 2.25. The van der Waals surface area contributed by atoms with Crippen molar-refractivity contribution in [3.05, 3.63) is 40.7 Å².